The molecule has 26 heavy (non-hydrogen) atoms. The van der Waals surface area contributed by atoms with Crippen LogP contribution in [0.15, 0.2) is 60.0 Å². The van der Waals surface area contributed by atoms with Gasteiger partial charge in [0.25, 0.3) is 0 Å². The molecule has 0 saturated carbocycles. The molecule has 0 fully saturated rings. The van der Waals surface area contributed by atoms with Crippen molar-refractivity contribution in [3.8, 4) is 0 Å². The van der Waals surface area contributed by atoms with Crippen LogP contribution in [0.4, 0.5) is 18.0 Å². The van der Waals surface area contributed by atoms with Crippen LogP contribution in [0, 0.1) is 17.5 Å². The van der Waals surface area contributed by atoms with Gasteiger partial charge in [-0.3, -0.25) is 0 Å². The Labute approximate surface area is 152 Å². The highest BCUT2D eigenvalue weighted by molar-refractivity contribution is 7.10. The van der Waals surface area contributed by atoms with Gasteiger partial charge >= 0.3 is 6.03 Å². The summed E-state index contributed by atoms with van der Waals surface area (Å²) in [6.45, 7) is -0.0267. The Balaban J connectivity index is 1.70. The lowest BCUT2D eigenvalue weighted by molar-refractivity contribution is 0.238. The van der Waals surface area contributed by atoms with Crippen LogP contribution in [0.2, 0.25) is 0 Å². The molecule has 3 nitrogen and oxygen atoms in total. The van der Waals surface area contributed by atoms with E-state index >= 15 is 0 Å². The third-order valence-corrected chi connectivity index (χ3v) is 4.62. The van der Waals surface area contributed by atoms with Crippen molar-refractivity contribution in [2.75, 3.05) is 0 Å². The molecule has 1 aromatic heterocycles. The quantitative estimate of drug-likeness (QED) is 0.663. The van der Waals surface area contributed by atoms with Crippen molar-refractivity contribution in [2.45, 2.75) is 12.6 Å². The second-order valence-electron chi connectivity index (χ2n) is 5.60. The number of carbonyl (C=O) groups excluding carboxylic acids is 1. The summed E-state index contributed by atoms with van der Waals surface area (Å²) in [6.07, 6.45) is 0. The van der Waals surface area contributed by atoms with E-state index in [1.165, 1.54) is 23.5 Å². The monoisotopic (exact) mass is 376 g/mol. The lowest BCUT2D eigenvalue weighted by Crippen LogP contribution is -2.37. The topological polar surface area (TPSA) is 41.1 Å². The summed E-state index contributed by atoms with van der Waals surface area (Å²) in [7, 11) is 0. The predicted octanol–water partition coefficient (Wildman–Crippen LogP) is 4.75. The summed E-state index contributed by atoms with van der Waals surface area (Å²) in [5.74, 6) is -1.77. The highest BCUT2D eigenvalue weighted by Gasteiger charge is 2.18. The predicted molar refractivity (Wildman–Crippen MR) is 94.3 cm³/mol. The van der Waals surface area contributed by atoms with Crippen LogP contribution >= 0.6 is 11.3 Å². The molecule has 0 radical (unpaired) electrons. The minimum absolute atomic E-state index is 0.0267. The van der Waals surface area contributed by atoms with Crippen molar-refractivity contribution in [3.05, 3.63) is 93.4 Å². The molecule has 1 heterocycles. The van der Waals surface area contributed by atoms with Crippen LogP contribution < -0.4 is 10.6 Å². The fraction of sp³-hybridized carbons (Fsp3) is 0.105. The van der Waals surface area contributed by atoms with Gasteiger partial charge in [0.05, 0.1) is 6.04 Å². The van der Waals surface area contributed by atoms with Crippen molar-refractivity contribution in [1.29, 1.82) is 0 Å². The van der Waals surface area contributed by atoms with Crippen LogP contribution in [0.3, 0.4) is 0 Å². The second-order valence-corrected chi connectivity index (χ2v) is 6.58. The van der Waals surface area contributed by atoms with E-state index in [1.54, 1.807) is 12.1 Å². The molecule has 2 aromatic carbocycles. The third kappa shape index (κ3) is 4.64. The van der Waals surface area contributed by atoms with E-state index in [0.29, 0.717) is 5.56 Å². The molecule has 0 saturated heterocycles. The van der Waals surface area contributed by atoms with Gasteiger partial charge in [-0.25, -0.2) is 18.0 Å². The van der Waals surface area contributed by atoms with Gasteiger partial charge in [-0.15, -0.1) is 11.3 Å². The van der Waals surface area contributed by atoms with Crippen LogP contribution in [0.1, 0.15) is 22.0 Å². The minimum Gasteiger partial charge on any atom is -0.334 e. The fourth-order valence-corrected chi connectivity index (χ4v) is 3.31. The lowest BCUT2D eigenvalue weighted by atomic mass is 10.1. The van der Waals surface area contributed by atoms with Crippen molar-refractivity contribution in [3.63, 3.8) is 0 Å². The zero-order valence-electron chi connectivity index (χ0n) is 13.5. The fourth-order valence-electron chi connectivity index (χ4n) is 2.51. The summed E-state index contributed by atoms with van der Waals surface area (Å²) in [5, 5.41) is 7.26. The Morgan fingerprint density at radius 1 is 0.962 bits per heavy atom. The van der Waals surface area contributed by atoms with E-state index in [1.807, 2.05) is 17.5 Å². The first kappa shape index (κ1) is 18.0. The first-order valence-corrected chi connectivity index (χ1v) is 8.67. The molecule has 7 heteroatoms. The number of nitrogens with one attached hydrogen (secondary N) is 2. The van der Waals surface area contributed by atoms with E-state index in [-0.39, 0.29) is 12.4 Å². The average molecular weight is 376 g/mol. The molecule has 3 rings (SSSR count). The maximum absolute atomic E-state index is 13.2. The van der Waals surface area contributed by atoms with Crippen molar-refractivity contribution < 1.29 is 18.0 Å². The summed E-state index contributed by atoms with van der Waals surface area (Å²) >= 11 is 1.46. The van der Waals surface area contributed by atoms with Crippen LogP contribution in [-0.4, -0.2) is 6.03 Å². The SMILES string of the molecule is O=C(NCc1cc(F)cc(F)c1)NC(c1ccc(F)cc1)c1cccs1. The van der Waals surface area contributed by atoms with Gasteiger partial charge < -0.3 is 10.6 Å². The standard InChI is InChI=1S/C19H15F3N2OS/c20-14-5-3-13(4-6-14)18(17-2-1-7-26-17)24-19(25)23-11-12-8-15(21)10-16(22)9-12/h1-10,18H,11H2,(H2,23,24,25). The molecule has 1 unspecified atom stereocenters. The maximum atomic E-state index is 13.2. The summed E-state index contributed by atoms with van der Waals surface area (Å²) in [5.41, 5.74) is 1.04. The van der Waals surface area contributed by atoms with E-state index < -0.39 is 23.7 Å². The molecule has 2 N–H and O–H groups in total. The largest absolute Gasteiger partial charge is 0.334 e. The van der Waals surface area contributed by atoms with E-state index in [0.717, 1.165) is 28.6 Å². The van der Waals surface area contributed by atoms with Crippen LogP contribution in [0.5, 0.6) is 0 Å². The zero-order valence-corrected chi connectivity index (χ0v) is 14.3. The van der Waals surface area contributed by atoms with Gasteiger partial charge in [-0.1, -0.05) is 18.2 Å². The number of thiophene rings is 1. The Morgan fingerprint density at radius 3 is 2.27 bits per heavy atom. The Bertz CT molecular complexity index is 862. The number of hydrogen-bond acceptors (Lipinski definition) is 2. The van der Waals surface area contributed by atoms with Gasteiger partial charge in [-0.2, -0.15) is 0 Å². The number of amides is 2. The number of halogens is 3. The highest BCUT2D eigenvalue weighted by atomic mass is 32.1. The van der Waals surface area contributed by atoms with Crippen molar-refractivity contribution >= 4 is 17.4 Å². The van der Waals surface area contributed by atoms with Gasteiger partial charge in [0, 0.05) is 17.5 Å². The third-order valence-electron chi connectivity index (χ3n) is 3.68. The Hall–Kier alpha value is -2.80. The zero-order chi connectivity index (χ0) is 18.5. The van der Waals surface area contributed by atoms with Crippen LogP contribution in [0.25, 0.3) is 0 Å². The molecular weight excluding hydrogens is 361 g/mol. The first-order valence-electron chi connectivity index (χ1n) is 7.79. The maximum Gasteiger partial charge on any atom is 0.315 e. The normalized spacial score (nSPS) is 11.8. The van der Waals surface area contributed by atoms with E-state index in [4.69, 9.17) is 0 Å². The number of hydrogen-bond donors (Lipinski definition) is 2. The van der Waals surface area contributed by atoms with E-state index in [2.05, 4.69) is 10.6 Å². The molecule has 1 atom stereocenters. The molecule has 0 aliphatic carbocycles. The van der Waals surface area contributed by atoms with Crippen molar-refractivity contribution in [1.82, 2.24) is 10.6 Å². The summed E-state index contributed by atoms with van der Waals surface area (Å²) in [6, 6.07) is 11.7. The van der Waals surface area contributed by atoms with Gasteiger partial charge in [-0.05, 0) is 46.8 Å². The lowest BCUT2D eigenvalue weighted by Gasteiger charge is -2.18. The molecule has 0 spiro atoms. The summed E-state index contributed by atoms with van der Waals surface area (Å²) in [4.78, 5) is 13.1. The summed E-state index contributed by atoms with van der Waals surface area (Å²) < 4.78 is 39.6. The average Bonchev–Trinajstić information content (AvgIpc) is 3.12. The number of urea groups is 1. The molecule has 3 aromatic rings. The Morgan fingerprint density at radius 2 is 1.65 bits per heavy atom. The molecule has 0 aliphatic heterocycles. The molecule has 2 amide bonds. The first-order chi connectivity index (χ1) is 12.5. The molecule has 134 valence electrons. The number of carbonyl (C=O) groups is 1. The second kappa shape index (κ2) is 8.05. The van der Waals surface area contributed by atoms with E-state index in [9.17, 15) is 18.0 Å². The molecular formula is C19H15F3N2OS. The molecule has 0 bridgehead atoms. The van der Waals surface area contributed by atoms with Gasteiger partial charge in [0.2, 0.25) is 0 Å². The van der Waals surface area contributed by atoms with Crippen molar-refractivity contribution in [2.24, 2.45) is 0 Å². The number of rotatable bonds is 5. The van der Waals surface area contributed by atoms with Gasteiger partial charge in [0.1, 0.15) is 17.5 Å². The van der Waals surface area contributed by atoms with Crippen LogP contribution in [-0.2, 0) is 6.54 Å². The van der Waals surface area contributed by atoms with Gasteiger partial charge in [0.15, 0.2) is 0 Å². The number of benzene rings is 2. The molecule has 0 aliphatic rings. The minimum atomic E-state index is -0.704. The highest BCUT2D eigenvalue weighted by Crippen LogP contribution is 2.26. The smallest absolute Gasteiger partial charge is 0.315 e. The Kier molecular flexibility index (Phi) is 5.58.